The van der Waals surface area contributed by atoms with Gasteiger partial charge in [-0.1, -0.05) is 28.1 Å². The molecule has 19 heavy (non-hydrogen) atoms. The average Bonchev–Trinajstić information content (AvgIpc) is 2.82. The fourth-order valence-electron chi connectivity index (χ4n) is 2.75. The summed E-state index contributed by atoms with van der Waals surface area (Å²) in [5.74, 6) is 0. The van der Waals surface area contributed by atoms with E-state index in [1.54, 1.807) is 0 Å². The molecule has 4 heteroatoms. The van der Waals surface area contributed by atoms with Crippen molar-refractivity contribution in [2.45, 2.75) is 43.8 Å². The van der Waals surface area contributed by atoms with Crippen LogP contribution in [0.4, 0.5) is 0 Å². The molecule has 0 spiro atoms. The van der Waals surface area contributed by atoms with Crippen molar-refractivity contribution in [3.63, 3.8) is 0 Å². The summed E-state index contributed by atoms with van der Waals surface area (Å²) in [7, 11) is 0. The van der Waals surface area contributed by atoms with E-state index < -0.39 is 5.41 Å². The van der Waals surface area contributed by atoms with Crippen LogP contribution in [0, 0.1) is 0 Å². The van der Waals surface area contributed by atoms with Crippen LogP contribution in [-0.2, 0) is 10.2 Å². The van der Waals surface area contributed by atoms with Crippen LogP contribution in [0.2, 0.25) is 0 Å². The van der Waals surface area contributed by atoms with E-state index in [4.69, 9.17) is 4.74 Å². The Kier molecular flexibility index (Phi) is 5.01. The van der Waals surface area contributed by atoms with Crippen molar-refractivity contribution in [2.24, 2.45) is 0 Å². The summed E-state index contributed by atoms with van der Waals surface area (Å²) in [6.07, 6.45) is 3.12. The first-order valence-corrected chi connectivity index (χ1v) is 7.52. The zero-order valence-electron chi connectivity index (χ0n) is 11.2. The lowest BCUT2D eigenvalue weighted by Crippen LogP contribution is -2.38. The Balaban J connectivity index is 2.19. The van der Waals surface area contributed by atoms with Gasteiger partial charge in [0.1, 0.15) is 0 Å². The molecule has 1 aromatic carbocycles. The topological polar surface area (TPSA) is 49.7 Å². The van der Waals surface area contributed by atoms with E-state index in [0.29, 0.717) is 6.42 Å². The maximum absolute atomic E-state index is 9.80. The molecule has 1 aliphatic rings. The number of aliphatic hydroxyl groups excluding tert-OH is 2. The van der Waals surface area contributed by atoms with Crippen LogP contribution in [-0.4, -0.2) is 35.6 Å². The summed E-state index contributed by atoms with van der Waals surface area (Å²) < 4.78 is 6.83. The molecule has 2 N–H and O–H groups in total. The molecule has 2 unspecified atom stereocenters. The van der Waals surface area contributed by atoms with Gasteiger partial charge in [-0.3, -0.25) is 0 Å². The summed E-state index contributed by atoms with van der Waals surface area (Å²) in [6, 6.07) is 7.78. The Morgan fingerprint density at radius 3 is 2.32 bits per heavy atom. The van der Waals surface area contributed by atoms with Crippen molar-refractivity contribution in [2.75, 3.05) is 13.2 Å². The number of benzene rings is 1. The molecule has 3 nitrogen and oxygen atoms in total. The molecule has 0 aliphatic carbocycles. The summed E-state index contributed by atoms with van der Waals surface area (Å²) in [6.45, 7) is 1.93. The van der Waals surface area contributed by atoms with E-state index in [1.165, 1.54) is 0 Å². The molecule has 0 saturated carbocycles. The SMILES string of the molecule is CC1CCC(CC(CO)(CO)c2ccc(Br)cc2)O1. The highest BCUT2D eigenvalue weighted by molar-refractivity contribution is 9.10. The van der Waals surface area contributed by atoms with Gasteiger partial charge < -0.3 is 14.9 Å². The second kappa shape index (κ2) is 6.35. The quantitative estimate of drug-likeness (QED) is 0.873. The third kappa shape index (κ3) is 3.37. The third-order valence-corrected chi connectivity index (χ3v) is 4.53. The zero-order valence-corrected chi connectivity index (χ0v) is 12.8. The maximum atomic E-state index is 9.80. The monoisotopic (exact) mass is 328 g/mol. The van der Waals surface area contributed by atoms with Crippen LogP contribution >= 0.6 is 15.9 Å². The summed E-state index contributed by atoms with van der Waals surface area (Å²) in [5, 5.41) is 19.6. The molecule has 0 amide bonds. The van der Waals surface area contributed by atoms with Gasteiger partial charge in [-0.15, -0.1) is 0 Å². The first kappa shape index (κ1) is 15.0. The van der Waals surface area contributed by atoms with Crippen molar-refractivity contribution in [1.29, 1.82) is 0 Å². The Morgan fingerprint density at radius 2 is 1.84 bits per heavy atom. The van der Waals surface area contributed by atoms with Crippen LogP contribution in [0.5, 0.6) is 0 Å². The van der Waals surface area contributed by atoms with Crippen LogP contribution in [0.1, 0.15) is 31.7 Å². The summed E-state index contributed by atoms with van der Waals surface area (Å²) >= 11 is 3.40. The average molecular weight is 329 g/mol. The minimum Gasteiger partial charge on any atom is -0.395 e. The standard InChI is InChI=1S/C15H21BrO3/c1-11-2-7-14(19-11)8-15(9-17,10-18)12-3-5-13(16)6-4-12/h3-6,11,14,17-18H,2,7-10H2,1H3. The molecule has 1 heterocycles. The van der Waals surface area contributed by atoms with Gasteiger partial charge in [0.25, 0.3) is 0 Å². The molecule has 1 aliphatic heterocycles. The second-order valence-electron chi connectivity index (χ2n) is 5.45. The fourth-order valence-corrected chi connectivity index (χ4v) is 3.02. The normalized spacial score (nSPS) is 23.8. The number of halogens is 1. The first-order chi connectivity index (χ1) is 9.09. The van der Waals surface area contributed by atoms with Crippen molar-refractivity contribution in [1.82, 2.24) is 0 Å². The highest BCUT2D eigenvalue weighted by Crippen LogP contribution is 2.34. The van der Waals surface area contributed by atoms with Gasteiger partial charge in [0, 0.05) is 9.89 Å². The van der Waals surface area contributed by atoms with E-state index in [1.807, 2.05) is 24.3 Å². The molecule has 2 rings (SSSR count). The largest absolute Gasteiger partial charge is 0.395 e. The Bertz CT molecular complexity index is 400. The molecule has 1 saturated heterocycles. The molecule has 1 fully saturated rings. The Hall–Kier alpha value is -0.420. The van der Waals surface area contributed by atoms with Gasteiger partial charge in [-0.05, 0) is 43.9 Å². The lowest BCUT2D eigenvalue weighted by atomic mass is 9.77. The van der Waals surface area contributed by atoms with Crippen molar-refractivity contribution in [3.05, 3.63) is 34.3 Å². The predicted molar refractivity (Wildman–Crippen MR) is 78.2 cm³/mol. The molecular formula is C15H21BrO3. The van der Waals surface area contributed by atoms with E-state index in [0.717, 1.165) is 22.9 Å². The Labute approximate surface area is 122 Å². The van der Waals surface area contributed by atoms with Gasteiger partial charge in [0.15, 0.2) is 0 Å². The minimum absolute atomic E-state index is 0.0701. The van der Waals surface area contributed by atoms with E-state index >= 15 is 0 Å². The molecule has 0 aromatic heterocycles. The zero-order chi connectivity index (χ0) is 13.9. The first-order valence-electron chi connectivity index (χ1n) is 6.73. The molecule has 2 atom stereocenters. The number of hydrogen-bond acceptors (Lipinski definition) is 3. The van der Waals surface area contributed by atoms with E-state index in [-0.39, 0.29) is 25.4 Å². The van der Waals surface area contributed by atoms with E-state index in [2.05, 4.69) is 22.9 Å². The number of hydrogen-bond donors (Lipinski definition) is 2. The van der Waals surface area contributed by atoms with Crippen molar-refractivity contribution in [3.8, 4) is 0 Å². The highest BCUT2D eigenvalue weighted by Gasteiger charge is 2.36. The van der Waals surface area contributed by atoms with Crippen LogP contribution in [0.3, 0.4) is 0 Å². The van der Waals surface area contributed by atoms with Gasteiger partial charge in [0.05, 0.1) is 25.4 Å². The second-order valence-corrected chi connectivity index (χ2v) is 6.37. The lowest BCUT2D eigenvalue weighted by molar-refractivity contribution is 0.0113. The van der Waals surface area contributed by atoms with Gasteiger partial charge in [0.2, 0.25) is 0 Å². The number of aliphatic hydroxyl groups is 2. The predicted octanol–water partition coefficient (Wildman–Crippen LogP) is 2.63. The van der Waals surface area contributed by atoms with Crippen LogP contribution in [0.15, 0.2) is 28.7 Å². The number of ether oxygens (including phenoxy) is 1. The smallest absolute Gasteiger partial charge is 0.0590 e. The van der Waals surface area contributed by atoms with Crippen LogP contribution in [0.25, 0.3) is 0 Å². The minimum atomic E-state index is -0.616. The molecule has 1 aromatic rings. The maximum Gasteiger partial charge on any atom is 0.0590 e. The third-order valence-electron chi connectivity index (χ3n) is 4.00. The Morgan fingerprint density at radius 1 is 1.21 bits per heavy atom. The van der Waals surface area contributed by atoms with Gasteiger partial charge in [-0.2, -0.15) is 0 Å². The van der Waals surface area contributed by atoms with Gasteiger partial charge in [-0.25, -0.2) is 0 Å². The number of rotatable bonds is 5. The van der Waals surface area contributed by atoms with Gasteiger partial charge >= 0.3 is 0 Å². The van der Waals surface area contributed by atoms with Crippen molar-refractivity contribution < 1.29 is 14.9 Å². The lowest BCUT2D eigenvalue weighted by Gasteiger charge is -2.33. The molecular weight excluding hydrogens is 308 g/mol. The van der Waals surface area contributed by atoms with E-state index in [9.17, 15) is 10.2 Å². The molecule has 0 bridgehead atoms. The summed E-state index contributed by atoms with van der Waals surface area (Å²) in [5.41, 5.74) is 0.346. The highest BCUT2D eigenvalue weighted by atomic mass is 79.9. The molecule has 0 radical (unpaired) electrons. The molecule has 106 valence electrons. The van der Waals surface area contributed by atoms with Crippen molar-refractivity contribution >= 4 is 15.9 Å². The fraction of sp³-hybridized carbons (Fsp3) is 0.600. The van der Waals surface area contributed by atoms with Crippen LogP contribution < -0.4 is 0 Å². The summed E-state index contributed by atoms with van der Waals surface area (Å²) in [4.78, 5) is 0.